The Morgan fingerprint density at radius 3 is 3.07 bits per heavy atom. The van der Waals surface area contributed by atoms with E-state index in [4.69, 9.17) is 15.2 Å². The van der Waals surface area contributed by atoms with Crippen molar-refractivity contribution >= 4 is 0 Å². The Bertz CT molecular complexity index is 354. The molecule has 0 aliphatic carbocycles. The molecule has 3 nitrogen and oxygen atoms in total. The minimum atomic E-state index is -0.458. The van der Waals surface area contributed by atoms with Crippen LogP contribution in [0.5, 0.6) is 11.5 Å². The molecular formula is C10H12FNO2. The maximum Gasteiger partial charge on any atom is 0.207 e. The van der Waals surface area contributed by atoms with E-state index in [-0.39, 0.29) is 17.5 Å². The van der Waals surface area contributed by atoms with Gasteiger partial charge in [0, 0.05) is 18.0 Å². The largest absolute Gasteiger partial charge is 0.494 e. The van der Waals surface area contributed by atoms with Gasteiger partial charge in [-0.05, 0) is 12.1 Å². The number of benzene rings is 1. The van der Waals surface area contributed by atoms with E-state index in [0.717, 1.165) is 12.0 Å². The summed E-state index contributed by atoms with van der Waals surface area (Å²) in [4.78, 5) is 0. The van der Waals surface area contributed by atoms with E-state index in [1.807, 2.05) is 0 Å². The molecule has 0 saturated carbocycles. The average Bonchev–Trinajstić information content (AvgIpc) is 2.20. The second kappa shape index (κ2) is 3.46. The highest BCUT2D eigenvalue weighted by Crippen LogP contribution is 2.36. The average molecular weight is 197 g/mol. The molecule has 1 aliphatic heterocycles. The van der Waals surface area contributed by atoms with Crippen LogP contribution >= 0.6 is 0 Å². The molecule has 0 saturated heterocycles. The number of halogens is 1. The zero-order chi connectivity index (χ0) is 10.1. The SMILES string of the molecule is COc1ccc2c(c1F)OCCC2N. The monoisotopic (exact) mass is 197 g/mol. The molecule has 0 aromatic heterocycles. The van der Waals surface area contributed by atoms with Crippen molar-refractivity contribution < 1.29 is 13.9 Å². The maximum atomic E-state index is 13.6. The van der Waals surface area contributed by atoms with Crippen molar-refractivity contribution in [2.75, 3.05) is 13.7 Å². The molecule has 1 aromatic carbocycles. The third kappa shape index (κ3) is 1.32. The molecule has 0 radical (unpaired) electrons. The normalized spacial score (nSPS) is 19.8. The van der Waals surface area contributed by atoms with Gasteiger partial charge in [-0.3, -0.25) is 0 Å². The van der Waals surface area contributed by atoms with Crippen LogP contribution in [0, 0.1) is 5.82 Å². The lowest BCUT2D eigenvalue weighted by molar-refractivity contribution is 0.250. The summed E-state index contributed by atoms with van der Waals surface area (Å²) in [6, 6.07) is 3.18. The molecule has 76 valence electrons. The highest BCUT2D eigenvalue weighted by Gasteiger charge is 2.23. The fourth-order valence-electron chi connectivity index (χ4n) is 1.59. The van der Waals surface area contributed by atoms with Gasteiger partial charge in [-0.15, -0.1) is 0 Å². The zero-order valence-corrected chi connectivity index (χ0v) is 7.92. The van der Waals surface area contributed by atoms with Crippen molar-refractivity contribution in [2.45, 2.75) is 12.5 Å². The Balaban J connectivity index is 2.52. The topological polar surface area (TPSA) is 44.5 Å². The van der Waals surface area contributed by atoms with E-state index in [2.05, 4.69) is 0 Å². The Hall–Kier alpha value is -1.29. The molecule has 1 atom stereocenters. The molecule has 14 heavy (non-hydrogen) atoms. The van der Waals surface area contributed by atoms with Crippen molar-refractivity contribution in [1.29, 1.82) is 0 Å². The molecule has 1 heterocycles. The highest BCUT2D eigenvalue weighted by molar-refractivity contribution is 5.45. The number of hydrogen-bond donors (Lipinski definition) is 1. The summed E-state index contributed by atoms with van der Waals surface area (Å²) in [5, 5.41) is 0. The summed E-state index contributed by atoms with van der Waals surface area (Å²) in [6.45, 7) is 0.457. The van der Waals surface area contributed by atoms with Gasteiger partial charge in [-0.25, -0.2) is 0 Å². The second-order valence-electron chi connectivity index (χ2n) is 3.24. The molecule has 2 rings (SSSR count). The van der Waals surface area contributed by atoms with Crippen LogP contribution in [0.2, 0.25) is 0 Å². The van der Waals surface area contributed by atoms with Gasteiger partial charge < -0.3 is 15.2 Å². The van der Waals surface area contributed by atoms with Gasteiger partial charge >= 0.3 is 0 Å². The van der Waals surface area contributed by atoms with Crippen LogP contribution in [0.25, 0.3) is 0 Å². The number of ether oxygens (including phenoxy) is 2. The van der Waals surface area contributed by atoms with E-state index >= 15 is 0 Å². The van der Waals surface area contributed by atoms with Gasteiger partial charge in [0.2, 0.25) is 5.82 Å². The zero-order valence-electron chi connectivity index (χ0n) is 7.92. The van der Waals surface area contributed by atoms with Crippen molar-refractivity contribution in [3.05, 3.63) is 23.5 Å². The van der Waals surface area contributed by atoms with Gasteiger partial charge in [0.1, 0.15) is 0 Å². The number of fused-ring (bicyclic) bond motifs is 1. The van der Waals surface area contributed by atoms with Gasteiger partial charge in [0.15, 0.2) is 11.5 Å². The first kappa shape index (κ1) is 9.27. The van der Waals surface area contributed by atoms with Crippen LogP contribution < -0.4 is 15.2 Å². The molecule has 1 aromatic rings. The summed E-state index contributed by atoms with van der Waals surface area (Å²) in [6.07, 6.45) is 0.721. The van der Waals surface area contributed by atoms with Gasteiger partial charge in [0.05, 0.1) is 13.7 Å². The molecule has 0 spiro atoms. The minimum absolute atomic E-state index is 0.140. The first-order chi connectivity index (χ1) is 6.74. The summed E-state index contributed by atoms with van der Waals surface area (Å²) in [5.41, 5.74) is 6.54. The maximum absolute atomic E-state index is 13.6. The fourth-order valence-corrected chi connectivity index (χ4v) is 1.59. The Labute approximate surface area is 81.6 Å². The van der Waals surface area contributed by atoms with Crippen LogP contribution in [0.1, 0.15) is 18.0 Å². The van der Waals surface area contributed by atoms with Crippen molar-refractivity contribution in [3.63, 3.8) is 0 Å². The van der Waals surface area contributed by atoms with Crippen molar-refractivity contribution in [3.8, 4) is 11.5 Å². The van der Waals surface area contributed by atoms with E-state index < -0.39 is 5.82 Å². The number of nitrogens with two attached hydrogens (primary N) is 1. The summed E-state index contributed by atoms with van der Waals surface area (Å²) >= 11 is 0. The lowest BCUT2D eigenvalue weighted by Gasteiger charge is -2.23. The van der Waals surface area contributed by atoms with Crippen LogP contribution in [-0.2, 0) is 0 Å². The van der Waals surface area contributed by atoms with Gasteiger partial charge in [-0.2, -0.15) is 4.39 Å². The first-order valence-electron chi connectivity index (χ1n) is 4.49. The molecule has 0 bridgehead atoms. The fraction of sp³-hybridized carbons (Fsp3) is 0.400. The van der Waals surface area contributed by atoms with Gasteiger partial charge in [0.25, 0.3) is 0 Å². The molecule has 0 amide bonds. The Morgan fingerprint density at radius 1 is 1.57 bits per heavy atom. The van der Waals surface area contributed by atoms with Crippen LogP contribution in [0.4, 0.5) is 4.39 Å². The molecule has 4 heteroatoms. The molecular weight excluding hydrogens is 185 g/mol. The smallest absolute Gasteiger partial charge is 0.207 e. The molecule has 2 N–H and O–H groups in total. The summed E-state index contributed by atoms with van der Waals surface area (Å²) in [5.74, 6) is -0.0268. The quantitative estimate of drug-likeness (QED) is 0.744. The van der Waals surface area contributed by atoms with E-state index in [0.29, 0.717) is 6.61 Å². The van der Waals surface area contributed by atoms with E-state index in [9.17, 15) is 4.39 Å². The van der Waals surface area contributed by atoms with Crippen LogP contribution in [-0.4, -0.2) is 13.7 Å². The number of hydrogen-bond acceptors (Lipinski definition) is 3. The lowest BCUT2D eigenvalue weighted by Crippen LogP contribution is -2.21. The van der Waals surface area contributed by atoms with Crippen molar-refractivity contribution in [2.24, 2.45) is 5.73 Å². The Morgan fingerprint density at radius 2 is 2.36 bits per heavy atom. The summed E-state index contributed by atoms with van der Waals surface area (Å²) in [7, 11) is 1.42. The number of rotatable bonds is 1. The Kier molecular flexibility index (Phi) is 2.29. The van der Waals surface area contributed by atoms with Gasteiger partial charge in [-0.1, -0.05) is 0 Å². The molecule has 1 unspecified atom stereocenters. The van der Waals surface area contributed by atoms with E-state index in [1.165, 1.54) is 7.11 Å². The third-order valence-corrected chi connectivity index (χ3v) is 2.39. The first-order valence-corrected chi connectivity index (χ1v) is 4.49. The molecule has 1 aliphatic rings. The predicted molar refractivity (Wildman–Crippen MR) is 50.0 cm³/mol. The minimum Gasteiger partial charge on any atom is -0.494 e. The predicted octanol–water partition coefficient (Wildman–Crippen LogP) is 1.62. The standard InChI is InChI=1S/C10H12FNO2/c1-13-8-3-2-6-7(12)4-5-14-10(6)9(8)11/h2-3,7H,4-5,12H2,1H3. The van der Waals surface area contributed by atoms with Crippen LogP contribution in [0.3, 0.4) is 0 Å². The molecule has 0 fully saturated rings. The van der Waals surface area contributed by atoms with Crippen molar-refractivity contribution in [1.82, 2.24) is 0 Å². The number of methoxy groups -OCH3 is 1. The lowest BCUT2D eigenvalue weighted by atomic mass is 10.0. The highest BCUT2D eigenvalue weighted by atomic mass is 19.1. The summed E-state index contributed by atoms with van der Waals surface area (Å²) < 4.78 is 23.7. The van der Waals surface area contributed by atoms with Crippen LogP contribution in [0.15, 0.2) is 12.1 Å². The van der Waals surface area contributed by atoms with E-state index in [1.54, 1.807) is 12.1 Å². The third-order valence-electron chi connectivity index (χ3n) is 2.39. The second-order valence-corrected chi connectivity index (χ2v) is 3.24.